The van der Waals surface area contributed by atoms with E-state index in [2.05, 4.69) is 10.1 Å². The Bertz CT molecular complexity index is 685. The minimum absolute atomic E-state index is 0.00277. The number of hydrogen-bond acceptors (Lipinski definition) is 3. The smallest absolute Gasteiger partial charge is 0.387 e. The lowest BCUT2D eigenvalue weighted by Gasteiger charge is -2.31. The number of alkyl halides is 2. The van der Waals surface area contributed by atoms with E-state index < -0.39 is 6.61 Å². The van der Waals surface area contributed by atoms with Crippen molar-refractivity contribution in [1.82, 2.24) is 4.90 Å². The third-order valence-electron chi connectivity index (χ3n) is 3.66. The van der Waals surface area contributed by atoms with E-state index in [1.54, 1.807) is 23.1 Å². The molecule has 1 aliphatic rings. The Labute approximate surface area is 132 Å². The first-order valence-electron chi connectivity index (χ1n) is 7.34. The van der Waals surface area contributed by atoms with E-state index in [4.69, 9.17) is 0 Å². The highest BCUT2D eigenvalue weighted by Crippen LogP contribution is 2.25. The summed E-state index contributed by atoms with van der Waals surface area (Å²) in [5.41, 5.74) is 1.97. The summed E-state index contributed by atoms with van der Waals surface area (Å²) in [6.07, 6.45) is 1.03. The number of likely N-dealkylation sites (tertiary alicyclic amines) is 1. The molecular weight excluding hydrogens is 302 g/mol. The molecule has 0 bridgehead atoms. The topological polar surface area (TPSA) is 41.6 Å². The maximum absolute atomic E-state index is 12.4. The molecule has 3 rings (SSSR count). The Balaban J connectivity index is 1.76. The van der Waals surface area contributed by atoms with Crippen LogP contribution in [0.3, 0.4) is 0 Å². The Kier molecular flexibility index (Phi) is 4.41. The van der Waals surface area contributed by atoms with Crippen molar-refractivity contribution < 1.29 is 18.3 Å². The van der Waals surface area contributed by atoms with Gasteiger partial charge in [0.05, 0.1) is 11.3 Å². The van der Waals surface area contributed by atoms with Gasteiger partial charge in [0.15, 0.2) is 0 Å². The summed E-state index contributed by atoms with van der Waals surface area (Å²) >= 11 is 0. The molecule has 6 heteroatoms. The van der Waals surface area contributed by atoms with Gasteiger partial charge in [0.25, 0.3) is 5.91 Å². The summed E-state index contributed by atoms with van der Waals surface area (Å²) in [5.74, 6) is 0.0903. The van der Waals surface area contributed by atoms with Gasteiger partial charge >= 0.3 is 6.61 Å². The van der Waals surface area contributed by atoms with E-state index in [0.29, 0.717) is 16.9 Å². The van der Waals surface area contributed by atoms with Gasteiger partial charge in [-0.3, -0.25) is 4.79 Å². The van der Waals surface area contributed by atoms with E-state index in [9.17, 15) is 13.6 Å². The first-order valence-corrected chi connectivity index (χ1v) is 7.34. The first-order chi connectivity index (χ1) is 11.1. The monoisotopic (exact) mass is 318 g/mol. The van der Waals surface area contributed by atoms with E-state index >= 15 is 0 Å². The van der Waals surface area contributed by atoms with Gasteiger partial charge in [-0.25, -0.2) is 0 Å². The number of halogens is 2. The second-order valence-corrected chi connectivity index (χ2v) is 5.22. The average molecular weight is 318 g/mol. The van der Waals surface area contributed by atoms with Gasteiger partial charge in [-0.05, 0) is 42.8 Å². The van der Waals surface area contributed by atoms with Crippen molar-refractivity contribution in [1.29, 1.82) is 0 Å². The van der Waals surface area contributed by atoms with Gasteiger partial charge < -0.3 is 15.0 Å². The standard InChI is InChI=1S/C17H16F2N2O2/c18-17(19)23-13-8-6-12(7-9-13)20-15-5-2-1-4-14(15)16(22)21-10-3-11-21/h1-2,4-9,17,20H,3,10-11H2. The summed E-state index contributed by atoms with van der Waals surface area (Å²) in [7, 11) is 0. The van der Waals surface area contributed by atoms with Gasteiger partial charge in [-0.1, -0.05) is 12.1 Å². The predicted octanol–water partition coefficient (Wildman–Crippen LogP) is 3.88. The van der Waals surface area contributed by atoms with Gasteiger partial charge in [0, 0.05) is 18.8 Å². The van der Waals surface area contributed by atoms with Crippen molar-refractivity contribution in [2.45, 2.75) is 13.0 Å². The van der Waals surface area contributed by atoms with Crippen LogP contribution in [0.2, 0.25) is 0 Å². The molecule has 1 amide bonds. The molecule has 2 aromatic carbocycles. The third kappa shape index (κ3) is 3.59. The SMILES string of the molecule is O=C(c1ccccc1Nc1ccc(OC(F)F)cc1)N1CCC1. The number of benzene rings is 2. The zero-order chi connectivity index (χ0) is 16.2. The lowest BCUT2D eigenvalue weighted by atomic mass is 10.1. The quantitative estimate of drug-likeness (QED) is 0.910. The average Bonchev–Trinajstić information content (AvgIpc) is 2.47. The largest absolute Gasteiger partial charge is 0.435 e. The fourth-order valence-electron chi connectivity index (χ4n) is 2.34. The lowest BCUT2D eigenvalue weighted by molar-refractivity contribution is -0.0498. The van der Waals surface area contributed by atoms with Gasteiger partial charge in [-0.15, -0.1) is 0 Å². The van der Waals surface area contributed by atoms with Crippen molar-refractivity contribution >= 4 is 17.3 Å². The molecule has 0 aliphatic carbocycles. The maximum atomic E-state index is 12.4. The molecule has 0 atom stereocenters. The molecule has 1 fully saturated rings. The zero-order valence-corrected chi connectivity index (χ0v) is 12.3. The van der Waals surface area contributed by atoms with Gasteiger partial charge in [0.1, 0.15) is 5.75 Å². The second-order valence-electron chi connectivity index (χ2n) is 5.22. The van der Waals surface area contributed by atoms with Crippen molar-refractivity contribution in [3.63, 3.8) is 0 Å². The van der Waals surface area contributed by atoms with Crippen LogP contribution in [0, 0.1) is 0 Å². The number of hydrogen-bond donors (Lipinski definition) is 1. The van der Waals surface area contributed by atoms with Crippen LogP contribution in [0.15, 0.2) is 48.5 Å². The summed E-state index contributed by atoms with van der Waals surface area (Å²) in [4.78, 5) is 14.2. The normalized spacial score (nSPS) is 13.6. The molecule has 1 aliphatic heterocycles. The molecule has 1 N–H and O–H groups in total. The maximum Gasteiger partial charge on any atom is 0.387 e. The van der Waals surface area contributed by atoms with Crippen LogP contribution < -0.4 is 10.1 Å². The van der Waals surface area contributed by atoms with Crippen LogP contribution >= 0.6 is 0 Å². The molecule has 1 heterocycles. The highest BCUT2D eigenvalue weighted by atomic mass is 19.3. The highest BCUT2D eigenvalue weighted by molar-refractivity contribution is 6.00. The Hall–Kier alpha value is -2.63. The molecule has 1 saturated heterocycles. The summed E-state index contributed by atoms with van der Waals surface area (Å²) in [6.45, 7) is -1.27. The Morgan fingerprint density at radius 1 is 1.09 bits per heavy atom. The number of para-hydroxylation sites is 1. The molecular formula is C17H16F2N2O2. The first kappa shape index (κ1) is 15.3. The molecule has 0 radical (unpaired) electrons. The van der Waals surface area contributed by atoms with Crippen molar-refractivity contribution in [3.8, 4) is 5.75 Å². The van der Waals surface area contributed by atoms with Crippen LogP contribution in [0.25, 0.3) is 0 Å². The minimum atomic E-state index is -2.84. The van der Waals surface area contributed by atoms with Crippen molar-refractivity contribution in [2.24, 2.45) is 0 Å². The number of ether oxygens (including phenoxy) is 1. The number of nitrogens with one attached hydrogen (secondary N) is 1. The van der Waals surface area contributed by atoms with E-state index in [1.807, 2.05) is 18.2 Å². The number of carbonyl (C=O) groups is 1. The van der Waals surface area contributed by atoms with Crippen LogP contribution in [0.5, 0.6) is 5.75 Å². The molecule has 0 spiro atoms. The number of carbonyl (C=O) groups excluding carboxylic acids is 1. The number of anilines is 2. The minimum Gasteiger partial charge on any atom is -0.435 e. The molecule has 0 aromatic heterocycles. The summed E-state index contributed by atoms with van der Waals surface area (Å²) in [5, 5.41) is 3.15. The van der Waals surface area contributed by atoms with Crippen LogP contribution in [0.4, 0.5) is 20.2 Å². The molecule has 0 saturated carbocycles. The molecule has 0 unspecified atom stereocenters. The van der Waals surface area contributed by atoms with E-state index in [-0.39, 0.29) is 11.7 Å². The molecule has 120 valence electrons. The molecule has 23 heavy (non-hydrogen) atoms. The van der Waals surface area contributed by atoms with Crippen LogP contribution in [0.1, 0.15) is 16.8 Å². The van der Waals surface area contributed by atoms with Crippen LogP contribution in [-0.4, -0.2) is 30.5 Å². The lowest BCUT2D eigenvalue weighted by Crippen LogP contribution is -2.42. The van der Waals surface area contributed by atoms with Crippen LogP contribution in [-0.2, 0) is 0 Å². The summed E-state index contributed by atoms with van der Waals surface area (Å²) < 4.78 is 28.6. The number of rotatable bonds is 5. The van der Waals surface area contributed by atoms with E-state index in [1.165, 1.54) is 12.1 Å². The third-order valence-corrected chi connectivity index (χ3v) is 3.66. The zero-order valence-electron chi connectivity index (χ0n) is 12.3. The fourth-order valence-corrected chi connectivity index (χ4v) is 2.34. The van der Waals surface area contributed by atoms with E-state index in [0.717, 1.165) is 19.5 Å². The predicted molar refractivity (Wildman–Crippen MR) is 83.3 cm³/mol. The molecule has 2 aromatic rings. The number of nitrogens with zero attached hydrogens (tertiary/aromatic N) is 1. The Morgan fingerprint density at radius 3 is 2.39 bits per heavy atom. The van der Waals surface area contributed by atoms with Crippen molar-refractivity contribution in [2.75, 3.05) is 18.4 Å². The van der Waals surface area contributed by atoms with Gasteiger partial charge in [0.2, 0.25) is 0 Å². The second kappa shape index (κ2) is 6.64. The van der Waals surface area contributed by atoms with Gasteiger partial charge in [-0.2, -0.15) is 8.78 Å². The van der Waals surface area contributed by atoms with Crippen molar-refractivity contribution in [3.05, 3.63) is 54.1 Å². The fraction of sp³-hybridized carbons (Fsp3) is 0.235. The molecule has 4 nitrogen and oxygen atoms in total. The number of amides is 1. The highest BCUT2D eigenvalue weighted by Gasteiger charge is 2.23. The summed E-state index contributed by atoms with van der Waals surface area (Å²) in [6, 6.07) is 13.4. The Morgan fingerprint density at radius 2 is 1.78 bits per heavy atom.